The average Bonchev–Trinajstić information content (AvgIpc) is 3.66. The maximum atomic E-state index is 13.5. The number of nitrogens with zero attached hydrogens (tertiary/aromatic N) is 1. The quantitative estimate of drug-likeness (QED) is 0.216. The number of thiophene rings is 1. The van der Waals surface area contributed by atoms with Gasteiger partial charge in [-0.05, 0) is 48.1 Å². The third-order valence-corrected chi connectivity index (χ3v) is 10.1. The van der Waals surface area contributed by atoms with E-state index in [4.69, 9.17) is 11.6 Å². The van der Waals surface area contributed by atoms with Crippen molar-refractivity contribution < 1.29 is 39.9 Å². The monoisotopic (exact) mass is 620 g/mol. The summed E-state index contributed by atoms with van der Waals surface area (Å²) in [5.74, 6) is 0. The van der Waals surface area contributed by atoms with Crippen LogP contribution in [0.15, 0.2) is 66.9 Å². The first-order valence-electron chi connectivity index (χ1n) is 11.7. The highest BCUT2D eigenvalue weighted by Gasteiger charge is 2.71. The Morgan fingerprint density at radius 2 is 1.65 bits per heavy atom. The third kappa shape index (κ3) is 5.09. The molecule has 0 saturated heterocycles. The van der Waals surface area contributed by atoms with Gasteiger partial charge in [0, 0.05) is 31.9 Å². The van der Waals surface area contributed by atoms with Gasteiger partial charge in [0.15, 0.2) is 0 Å². The molecule has 0 bridgehead atoms. The van der Waals surface area contributed by atoms with E-state index in [1.54, 1.807) is 42.5 Å². The first-order valence-corrected chi connectivity index (χ1v) is 14.5. The highest BCUT2D eigenvalue weighted by Crippen LogP contribution is 2.50. The molecule has 1 aliphatic carbocycles. The lowest BCUT2D eigenvalue weighted by atomic mass is 9.91. The van der Waals surface area contributed by atoms with Crippen molar-refractivity contribution in [2.45, 2.75) is 42.1 Å². The molecule has 0 radical (unpaired) electrons. The van der Waals surface area contributed by atoms with Crippen molar-refractivity contribution in [3.63, 3.8) is 0 Å². The molecule has 5 rings (SSSR count). The minimum Gasteiger partial charge on any atom is -0.369 e. The maximum absolute atomic E-state index is 13.5. The number of aliphatic hydroxyl groups is 1. The Bertz CT molecular complexity index is 1670. The Hall–Kier alpha value is -2.71. The zero-order valence-electron chi connectivity index (χ0n) is 20.1. The zero-order valence-corrected chi connectivity index (χ0v) is 22.5. The second kappa shape index (κ2) is 9.98. The second-order valence-electron chi connectivity index (χ2n) is 9.33. The molecule has 2 aromatic carbocycles. The van der Waals surface area contributed by atoms with Crippen molar-refractivity contribution in [2.24, 2.45) is 0 Å². The van der Waals surface area contributed by atoms with Gasteiger partial charge >= 0.3 is 12.4 Å². The molecule has 1 fully saturated rings. The Kier molecular flexibility index (Phi) is 7.19. The fourth-order valence-corrected chi connectivity index (χ4v) is 7.44. The summed E-state index contributed by atoms with van der Waals surface area (Å²) < 4.78 is 110. The van der Waals surface area contributed by atoms with Gasteiger partial charge < -0.3 is 5.11 Å². The van der Waals surface area contributed by atoms with Crippen molar-refractivity contribution >= 4 is 43.0 Å². The molecule has 40 heavy (non-hydrogen) atoms. The summed E-state index contributed by atoms with van der Waals surface area (Å²) in [5, 5.41) is 10.2. The third-order valence-electron chi connectivity index (χ3n) is 6.58. The van der Waals surface area contributed by atoms with E-state index < -0.39 is 44.8 Å². The van der Waals surface area contributed by atoms with Crippen molar-refractivity contribution in [1.29, 1.82) is 0 Å². The summed E-state index contributed by atoms with van der Waals surface area (Å²) in [4.78, 5) is 4.48. The van der Waals surface area contributed by atoms with Gasteiger partial charge in [0.25, 0.3) is 5.60 Å². The predicted octanol–water partition coefficient (Wildman–Crippen LogP) is 7.10. The molecule has 0 amide bonds. The number of sulfonamides is 1. The molecule has 2 heterocycles. The second-order valence-corrected chi connectivity index (χ2v) is 12.8. The summed E-state index contributed by atoms with van der Waals surface area (Å²) in [6.07, 6.45) is -10.3. The largest absolute Gasteiger partial charge is 0.430 e. The number of benzene rings is 2. The lowest BCUT2D eigenvalue weighted by Gasteiger charge is -2.32. The fraction of sp³-hybridized carbons (Fsp3) is 0.269. The van der Waals surface area contributed by atoms with E-state index in [1.165, 1.54) is 6.07 Å². The van der Waals surface area contributed by atoms with Crippen molar-refractivity contribution in [3.05, 3.63) is 87.9 Å². The number of fused-ring (bicyclic) bond motifs is 1. The van der Waals surface area contributed by atoms with Crippen LogP contribution in [0.25, 0.3) is 21.3 Å². The number of hydrogen-bond acceptors (Lipinski definition) is 5. The SMILES string of the molecule is O=S(=O)(NC(c1cc2cccc(-c3cc(C(O)(C(F)(F)F)C(F)(F)F)ccn3)c2s1)c1ccccc1Cl)C1CC1. The lowest BCUT2D eigenvalue weighted by Crippen LogP contribution is -2.53. The van der Waals surface area contributed by atoms with Crippen LogP contribution in [0.2, 0.25) is 5.02 Å². The lowest BCUT2D eigenvalue weighted by molar-refractivity contribution is -0.376. The Labute approximate surface area is 233 Å². The van der Waals surface area contributed by atoms with E-state index in [-0.39, 0.29) is 11.3 Å². The van der Waals surface area contributed by atoms with Gasteiger partial charge in [0.1, 0.15) is 0 Å². The topological polar surface area (TPSA) is 79.3 Å². The van der Waals surface area contributed by atoms with Crippen LogP contribution < -0.4 is 4.72 Å². The van der Waals surface area contributed by atoms with Gasteiger partial charge in [-0.15, -0.1) is 11.3 Å². The molecule has 5 nitrogen and oxygen atoms in total. The molecule has 1 atom stereocenters. The molecular weight excluding hydrogens is 602 g/mol. The Balaban J connectivity index is 1.64. The molecular formula is C26H19ClF6N2O3S2. The van der Waals surface area contributed by atoms with Gasteiger partial charge in [-0.1, -0.05) is 48.0 Å². The van der Waals surface area contributed by atoms with Crippen LogP contribution in [0.1, 0.15) is 34.9 Å². The highest BCUT2D eigenvalue weighted by atomic mass is 35.5. The number of halogens is 7. The molecule has 4 aromatic rings. The van der Waals surface area contributed by atoms with E-state index in [2.05, 4.69) is 9.71 Å². The predicted molar refractivity (Wildman–Crippen MR) is 139 cm³/mol. The van der Waals surface area contributed by atoms with Gasteiger partial charge in [-0.2, -0.15) is 26.3 Å². The summed E-state index contributed by atoms with van der Waals surface area (Å²) in [7, 11) is -3.70. The van der Waals surface area contributed by atoms with Crippen LogP contribution in [0.3, 0.4) is 0 Å². The normalized spacial score (nSPS) is 15.9. The van der Waals surface area contributed by atoms with E-state index in [0.29, 0.717) is 50.5 Å². The molecule has 14 heteroatoms. The molecule has 1 aliphatic rings. The minimum atomic E-state index is -6.05. The molecule has 1 unspecified atom stereocenters. The van der Waals surface area contributed by atoms with Crippen molar-refractivity contribution in [1.82, 2.24) is 9.71 Å². The number of hydrogen-bond donors (Lipinski definition) is 2. The first-order chi connectivity index (χ1) is 18.6. The molecule has 1 saturated carbocycles. The number of rotatable bonds is 7. The standard InChI is InChI=1S/C26H19ClF6N2O3S2/c27-19-7-2-1-5-17(19)22(35-40(37,38)16-8-9-16)21-12-14-4-3-6-18(23(14)39-21)20-13-15(10-11-34-20)24(36,25(28,29)30)26(31,32)33/h1-7,10-13,16,22,35-36H,8-9H2. The van der Waals surface area contributed by atoms with E-state index in [0.717, 1.165) is 17.5 Å². The summed E-state index contributed by atoms with van der Waals surface area (Å²) in [6.45, 7) is 0. The van der Waals surface area contributed by atoms with E-state index in [1.807, 2.05) is 0 Å². The van der Waals surface area contributed by atoms with Crippen LogP contribution in [0.4, 0.5) is 26.3 Å². The minimum absolute atomic E-state index is 0.199. The van der Waals surface area contributed by atoms with Crippen LogP contribution in [0.5, 0.6) is 0 Å². The first kappa shape index (κ1) is 28.8. The smallest absolute Gasteiger partial charge is 0.369 e. The van der Waals surface area contributed by atoms with E-state index >= 15 is 0 Å². The summed E-state index contributed by atoms with van der Waals surface area (Å²) in [5.41, 5.74) is -6.11. The number of pyridine rings is 1. The summed E-state index contributed by atoms with van der Waals surface area (Å²) >= 11 is 7.50. The number of alkyl halides is 6. The Morgan fingerprint density at radius 3 is 2.27 bits per heavy atom. The average molecular weight is 621 g/mol. The molecule has 212 valence electrons. The fourth-order valence-electron chi connectivity index (χ4n) is 4.34. The number of nitrogens with one attached hydrogen (secondary N) is 1. The molecule has 2 N–H and O–H groups in total. The molecule has 0 aliphatic heterocycles. The maximum Gasteiger partial charge on any atom is 0.430 e. The van der Waals surface area contributed by atoms with Crippen molar-refractivity contribution in [2.75, 3.05) is 0 Å². The molecule has 0 spiro atoms. The zero-order chi connectivity index (χ0) is 29.1. The van der Waals surface area contributed by atoms with Crippen molar-refractivity contribution in [3.8, 4) is 11.3 Å². The van der Waals surface area contributed by atoms with Gasteiger partial charge in [0.2, 0.25) is 10.0 Å². The van der Waals surface area contributed by atoms with Gasteiger partial charge in [0.05, 0.1) is 17.0 Å². The van der Waals surface area contributed by atoms with Gasteiger partial charge in [-0.25, -0.2) is 13.1 Å². The summed E-state index contributed by atoms with van der Waals surface area (Å²) in [6, 6.07) is 13.1. The Morgan fingerprint density at radius 1 is 0.975 bits per heavy atom. The van der Waals surface area contributed by atoms with Crippen LogP contribution >= 0.6 is 22.9 Å². The molecule has 2 aromatic heterocycles. The van der Waals surface area contributed by atoms with Crippen LogP contribution in [-0.2, 0) is 15.6 Å². The van der Waals surface area contributed by atoms with Crippen LogP contribution in [0, 0.1) is 0 Å². The number of aromatic nitrogens is 1. The highest BCUT2D eigenvalue weighted by molar-refractivity contribution is 7.90. The van der Waals surface area contributed by atoms with Gasteiger partial charge in [-0.3, -0.25) is 4.98 Å². The van der Waals surface area contributed by atoms with Crippen LogP contribution in [-0.4, -0.2) is 36.1 Å². The van der Waals surface area contributed by atoms with E-state index in [9.17, 15) is 39.9 Å².